The standard InChI is InChI=1S/C41H39N3O4.C2H6/c1-27(25-45)26-47-41(46)29(3)48-36-22-23-37(28(2)24-36)40-43-38(34-18-14-32(15-19-34)30-10-6-4-7-11-30)42-39(44-40)35-20-16-33(17-21-35)31-12-8-5-9-13-31;1-2/h4,6-8,10-24,27,29,45H,5,9,25-26H2,1-3H3;1-2H3. The summed E-state index contributed by atoms with van der Waals surface area (Å²) in [6.45, 7) is 9.50. The number of hydrogen-bond donors (Lipinski definition) is 1. The van der Waals surface area contributed by atoms with Gasteiger partial charge in [0.2, 0.25) is 0 Å². The number of carbonyl (C=O) groups is 1. The van der Waals surface area contributed by atoms with Crippen LogP contribution in [0.1, 0.15) is 51.7 Å². The number of nitrogens with zero attached hydrogens (tertiary/aromatic N) is 3. The van der Waals surface area contributed by atoms with Crippen molar-refractivity contribution in [1.29, 1.82) is 0 Å². The summed E-state index contributed by atoms with van der Waals surface area (Å²) >= 11 is 0. The molecule has 1 heterocycles. The van der Waals surface area contributed by atoms with E-state index in [2.05, 4.69) is 66.8 Å². The quantitative estimate of drug-likeness (QED) is 0.140. The van der Waals surface area contributed by atoms with Gasteiger partial charge in [-0.1, -0.05) is 118 Å². The maximum Gasteiger partial charge on any atom is 0.347 e. The van der Waals surface area contributed by atoms with Gasteiger partial charge in [-0.15, -0.1) is 0 Å². The highest BCUT2D eigenvalue weighted by Gasteiger charge is 2.19. The van der Waals surface area contributed by atoms with E-state index in [9.17, 15) is 9.90 Å². The predicted octanol–water partition coefficient (Wildman–Crippen LogP) is 9.55. The lowest BCUT2D eigenvalue weighted by molar-refractivity contribution is -0.152. The molecule has 0 fully saturated rings. The van der Waals surface area contributed by atoms with Crippen LogP contribution in [0.3, 0.4) is 0 Å². The topological polar surface area (TPSA) is 94.4 Å². The first kappa shape index (κ1) is 35.9. The summed E-state index contributed by atoms with van der Waals surface area (Å²) in [7, 11) is 0. The maximum absolute atomic E-state index is 12.4. The van der Waals surface area contributed by atoms with Crippen molar-refractivity contribution >= 4 is 11.5 Å². The molecule has 2 unspecified atom stereocenters. The Morgan fingerprint density at radius 2 is 1.32 bits per heavy atom. The third kappa shape index (κ3) is 8.98. The third-order valence-corrected chi connectivity index (χ3v) is 8.26. The maximum atomic E-state index is 12.4. The molecule has 1 aliphatic carbocycles. The second-order valence-electron chi connectivity index (χ2n) is 12.1. The zero-order chi connectivity index (χ0) is 35.5. The van der Waals surface area contributed by atoms with Crippen LogP contribution in [-0.2, 0) is 9.53 Å². The van der Waals surface area contributed by atoms with Crippen molar-refractivity contribution in [1.82, 2.24) is 15.0 Å². The number of aliphatic hydroxyl groups is 1. The minimum absolute atomic E-state index is 0.0517. The van der Waals surface area contributed by atoms with Gasteiger partial charge in [-0.2, -0.15) is 0 Å². The van der Waals surface area contributed by atoms with E-state index in [1.165, 1.54) is 5.57 Å². The molecule has 0 bridgehead atoms. The Hall–Kier alpha value is -5.40. The molecular weight excluding hydrogens is 622 g/mol. The van der Waals surface area contributed by atoms with Crippen molar-refractivity contribution in [3.8, 4) is 51.0 Å². The fourth-order valence-electron chi connectivity index (χ4n) is 5.44. The van der Waals surface area contributed by atoms with Gasteiger partial charge in [-0.05, 0) is 72.7 Å². The first-order chi connectivity index (χ1) is 24.4. The molecular formula is C43H45N3O4. The molecule has 7 nitrogen and oxygen atoms in total. The molecule has 1 N–H and O–H groups in total. The summed E-state index contributed by atoms with van der Waals surface area (Å²) in [4.78, 5) is 27.3. The first-order valence-corrected chi connectivity index (χ1v) is 17.3. The second-order valence-corrected chi connectivity index (χ2v) is 12.1. The van der Waals surface area contributed by atoms with Crippen LogP contribution >= 0.6 is 0 Å². The number of allylic oxidation sites excluding steroid dienone is 4. The Morgan fingerprint density at radius 3 is 1.90 bits per heavy atom. The smallest absolute Gasteiger partial charge is 0.347 e. The largest absolute Gasteiger partial charge is 0.479 e. The van der Waals surface area contributed by atoms with Gasteiger partial charge in [0.05, 0.1) is 6.61 Å². The van der Waals surface area contributed by atoms with E-state index in [-0.39, 0.29) is 19.1 Å². The van der Waals surface area contributed by atoms with Crippen LogP contribution in [0.4, 0.5) is 0 Å². The van der Waals surface area contributed by atoms with Gasteiger partial charge in [0.15, 0.2) is 23.6 Å². The van der Waals surface area contributed by atoms with Gasteiger partial charge in [0, 0.05) is 29.2 Å². The molecule has 0 saturated heterocycles. The number of benzene rings is 4. The third-order valence-electron chi connectivity index (χ3n) is 8.26. The molecule has 0 amide bonds. The fraction of sp³-hybridized carbons (Fsp3) is 0.256. The number of hydrogen-bond acceptors (Lipinski definition) is 7. The average Bonchev–Trinajstić information content (AvgIpc) is 3.18. The highest BCUT2D eigenvalue weighted by molar-refractivity contribution is 5.77. The monoisotopic (exact) mass is 667 g/mol. The van der Waals surface area contributed by atoms with Gasteiger partial charge >= 0.3 is 5.97 Å². The summed E-state index contributed by atoms with van der Waals surface area (Å²) in [5, 5.41) is 9.21. The number of rotatable bonds is 11. The lowest BCUT2D eigenvalue weighted by Crippen LogP contribution is -2.28. The van der Waals surface area contributed by atoms with E-state index >= 15 is 0 Å². The molecule has 0 aliphatic heterocycles. The zero-order valence-electron chi connectivity index (χ0n) is 29.5. The van der Waals surface area contributed by atoms with Crippen molar-refractivity contribution in [3.63, 3.8) is 0 Å². The summed E-state index contributed by atoms with van der Waals surface area (Å²) in [5.41, 5.74) is 8.13. The van der Waals surface area contributed by atoms with Gasteiger partial charge in [0.25, 0.3) is 0 Å². The molecule has 0 spiro atoms. The van der Waals surface area contributed by atoms with Gasteiger partial charge in [-0.3, -0.25) is 0 Å². The van der Waals surface area contributed by atoms with Gasteiger partial charge in [-0.25, -0.2) is 19.7 Å². The molecule has 256 valence electrons. The summed E-state index contributed by atoms with van der Waals surface area (Å²) in [6, 6.07) is 32.4. The summed E-state index contributed by atoms with van der Waals surface area (Å²) in [6.07, 6.45) is 7.97. The summed E-state index contributed by atoms with van der Waals surface area (Å²) < 4.78 is 11.2. The first-order valence-electron chi connectivity index (χ1n) is 17.3. The van der Waals surface area contributed by atoms with Crippen LogP contribution in [0.25, 0.3) is 50.9 Å². The lowest BCUT2D eigenvalue weighted by atomic mass is 9.98. The number of ether oxygens (including phenoxy) is 2. The van der Waals surface area contributed by atoms with Crippen LogP contribution in [0.5, 0.6) is 5.75 Å². The molecule has 50 heavy (non-hydrogen) atoms. The molecule has 1 aromatic heterocycles. The number of carbonyl (C=O) groups excluding carboxylic acids is 1. The van der Waals surface area contributed by atoms with Crippen LogP contribution in [0, 0.1) is 12.8 Å². The van der Waals surface area contributed by atoms with E-state index in [4.69, 9.17) is 24.4 Å². The number of aliphatic hydroxyl groups excluding tert-OH is 1. The van der Waals surface area contributed by atoms with Crippen molar-refractivity contribution < 1.29 is 19.4 Å². The normalized spacial score (nSPS) is 13.4. The van der Waals surface area contributed by atoms with Crippen LogP contribution in [-0.4, -0.2) is 45.3 Å². The minimum atomic E-state index is -0.807. The Labute approximate surface area is 295 Å². The number of aryl methyl sites for hydroxylation is 1. The van der Waals surface area contributed by atoms with Crippen LogP contribution < -0.4 is 4.74 Å². The summed E-state index contributed by atoms with van der Waals surface area (Å²) in [5.74, 6) is 1.61. The molecule has 0 saturated carbocycles. The lowest BCUT2D eigenvalue weighted by Gasteiger charge is -2.16. The Balaban J connectivity index is 0.00000239. The van der Waals surface area contributed by atoms with Crippen molar-refractivity contribution in [2.24, 2.45) is 5.92 Å². The Kier molecular flexibility index (Phi) is 12.4. The second kappa shape index (κ2) is 17.3. The van der Waals surface area contributed by atoms with Crippen molar-refractivity contribution in [2.75, 3.05) is 13.2 Å². The molecule has 7 heteroatoms. The van der Waals surface area contributed by atoms with E-state index in [1.54, 1.807) is 19.9 Å². The molecule has 2 atom stereocenters. The molecule has 6 rings (SSSR count). The van der Waals surface area contributed by atoms with E-state index in [0.29, 0.717) is 23.2 Å². The Morgan fingerprint density at radius 1 is 0.740 bits per heavy atom. The number of aromatic nitrogens is 3. The average molecular weight is 668 g/mol. The Bertz CT molecular complexity index is 1930. The molecule has 5 aromatic rings. The minimum Gasteiger partial charge on any atom is -0.479 e. The van der Waals surface area contributed by atoms with Crippen LogP contribution in [0.2, 0.25) is 0 Å². The van der Waals surface area contributed by atoms with Gasteiger partial charge in [0.1, 0.15) is 5.75 Å². The van der Waals surface area contributed by atoms with Crippen molar-refractivity contribution in [3.05, 3.63) is 126 Å². The SMILES string of the molecule is CC.Cc1cc(OC(C)C(=O)OCC(C)CO)ccc1-c1nc(-c2ccc(C3=CCCC=C3)cc2)nc(-c2ccc(-c3ccccc3)cc2)n1. The van der Waals surface area contributed by atoms with E-state index in [0.717, 1.165) is 51.8 Å². The van der Waals surface area contributed by atoms with E-state index < -0.39 is 12.1 Å². The highest BCUT2D eigenvalue weighted by Crippen LogP contribution is 2.31. The molecule has 4 aromatic carbocycles. The number of esters is 1. The van der Waals surface area contributed by atoms with Crippen LogP contribution in [0.15, 0.2) is 115 Å². The predicted molar refractivity (Wildman–Crippen MR) is 201 cm³/mol. The fourth-order valence-corrected chi connectivity index (χ4v) is 5.44. The molecule has 0 radical (unpaired) electrons. The van der Waals surface area contributed by atoms with E-state index in [1.807, 2.05) is 63.2 Å². The van der Waals surface area contributed by atoms with Crippen molar-refractivity contribution in [2.45, 2.75) is 53.6 Å². The van der Waals surface area contributed by atoms with Gasteiger partial charge < -0.3 is 14.6 Å². The zero-order valence-corrected chi connectivity index (χ0v) is 29.5. The highest BCUT2D eigenvalue weighted by atomic mass is 16.6. The molecule has 1 aliphatic rings.